The van der Waals surface area contributed by atoms with E-state index >= 15 is 0 Å². The van der Waals surface area contributed by atoms with E-state index in [1.807, 2.05) is 6.92 Å². The van der Waals surface area contributed by atoms with Crippen LogP contribution in [-0.2, 0) is 4.74 Å². The van der Waals surface area contributed by atoms with Crippen LogP contribution in [0.5, 0.6) is 0 Å². The molecule has 0 aliphatic rings. The predicted molar refractivity (Wildman–Crippen MR) is 55.3 cm³/mol. The van der Waals surface area contributed by atoms with E-state index in [0.29, 0.717) is 19.8 Å². The molecular weight excluding hydrogens is 166 g/mol. The maximum absolute atomic E-state index is 5.77. The largest absolute Gasteiger partial charge is 0.378 e. The van der Waals surface area contributed by atoms with Crippen LogP contribution in [0.25, 0.3) is 0 Å². The lowest BCUT2D eigenvalue weighted by Gasteiger charge is -2.13. The second kappa shape index (κ2) is 8.44. The van der Waals surface area contributed by atoms with Gasteiger partial charge in [-0.25, -0.2) is 0 Å². The van der Waals surface area contributed by atoms with E-state index < -0.39 is 0 Å². The first kappa shape index (κ1) is 12.8. The molecule has 0 heterocycles. The number of rotatable bonds is 8. The molecular formula is C9H23N3O. The van der Waals surface area contributed by atoms with E-state index in [1.165, 1.54) is 0 Å². The molecule has 0 unspecified atom stereocenters. The van der Waals surface area contributed by atoms with Crippen LogP contribution < -0.4 is 17.2 Å². The quantitative estimate of drug-likeness (QED) is 0.494. The van der Waals surface area contributed by atoms with Gasteiger partial charge in [0, 0.05) is 12.1 Å². The first-order valence-electron chi connectivity index (χ1n) is 4.99. The highest BCUT2D eigenvalue weighted by atomic mass is 16.5. The summed E-state index contributed by atoms with van der Waals surface area (Å²) in [6, 6.07) is 0.245. The van der Waals surface area contributed by atoms with E-state index in [1.54, 1.807) is 0 Å². The zero-order valence-electron chi connectivity index (χ0n) is 8.54. The maximum atomic E-state index is 5.77. The fourth-order valence-electron chi connectivity index (χ4n) is 0.952. The fourth-order valence-corrected chi connectivity index (χ4v) is 0.952. The average molecular weight is 189 g/mol. The molecule has 0 radical (unpaired) electrons. The Balaban J connectivity index is 3.21. The van der Waals surface area contributed by atoms with Crippen molar-refractivity contribution in [1.82, 2.24) is 0 Å². The number of hydrogen-bond donors (Lipinski definition) is 3. The van der Waals surface area contributed by atoms with Crippen LogP contribution in [0.3, 0.4) is 0 Å². The molecule has 0 rings (SSSR count). The summed E-state index contributed by atoms with van der Waals surface area (Å²) < 4.78 is 5.35. The minimum atomic E-state index is 0.104. The van der Waals surface area contributed by atoms with Crippen LogP contribution in [0.1, 0.15) is 26.2 Å². The number of hydrogen-bond acceptors (Lipinski definition) is 4. The summed E-state index contributed by atoms with van der Waals surface area (Å²) in [5, 5.41) is 0. The van der Waals surface area contributed by atoms with Crippen molar-refractivity contribution in [3.63, 3.8) is 0 Å². The van der Waals surface area contributed by atoms with Gasteiger partial charge in [0.1, 0.15) is 0 Å². The van der Waals surface area contributed by atoms with Gasteiger partial charge in [-0.05, 0) is 25.8 Å². The third-order valence-corrected chi connectivity index (χ3v) is 1.97. The molecule has 2 atom stereocenters. The summed E-state index contributed by atoms with van der Waals surface area (Å²) in [6.45, 7) is 3.94. The lowest BCUT2D eigenvalue weighted by molar-refractivity contribution is 0.105. The molecule has 0 spiro atoms. The normalized spacial score (nSPS) is 15.7. The van der Waals surface area contributed by atoms with Gasteiger partial charge >= 0.3 is 0 Å². The van der Waals surface area contributed by atoms with Crippen molar-refractivity contribution in [2.75, 3.05) is 19.8 Å². The Bertz CT molecular complexity index is 111. The van der Waals surface area contributed by atoms with E-state index in [0.717, 1.165) is 19.3 Å². The summed E-state index contributed by atoms with van der Waals surface area (Å²) in [5.74, 6) is 0. The lowest BCUT2D eigenvalue weighted by atomic mass is 10.2. The Morgan fingerprint density at radius 3 is 2.31 bits per heavy atom. The minimum Gasteiger partial charge on any atom is -0.378 e. The molecule has 80 valence electrons. The Kier molecular flexibility index (Phi) is 8.33. The Morgan fingerprint density at radius 1 is 1.15 bits per heavy atom. The molecule has 0 aliphatic heterocycles. The van der Waals surface area contributed by atoms with Gasteiger partial charge in [0.05, 0.1) is 13.2 Å². The molecule has 4 heteroatoms. The zero-order chi connectivity index (χ0) is 10.1. The van der Waals surface area contributed by atoms with Crippen molar-refractivity contribution in [2.45, 2.75) is 38.3 Å². The Morgan fingerprint density at radius 2 is 1.77 bits per heavy atom. The second-order valence-electron chi connectivity index (χ2n) is 3.40. The molecule has 0 saturated heterocycles. The molecule has 0 aromatic rings. The molecule has 13 heavy (non-hydrogen) atoms. The van der Waals surface area contributed by atoms with Gasteiger partial charge in [-0.3, -0.25) is 0 Å². The monoisotopic (exact) mass is 189 g/mol. The highest BCUT2D eigenvalue weighted by Crippen LogP contribution is 1.95. The first-order valence-corrected chi connectivity index (χ1v) is 4.99. The van der Waals surface area contributed by atoms with Crippen LogP contribution in [0, 0.1) is 0 Å². The molecule has 4 nitrogen and oxygen atoms in total. The fraction of sp³-hybridized carbons (Fsp3) is 1.00. The SMILES string of the molecule is CC[C@@H](N)COC[C@@H](N)CCCN. The summed E-state index contributed by atoms with van der Waals surface area (Å²) in [4.78, 5) is 0. The molecule has 0 saturated carbocycles. The van der Waals surface area contributed by atoms with Gasteiger partial charge in [0.15, 0.2) is 0 Å². The van der Waals surface area contributed by atoms with E-state index in [-0.39, 0.29) is 12.1 Å². The van der Waals surface area contributed by atoms with Gasteiger partial charge < -0.3 is 21.9 Å². The molecule has 0 aromatic carbocycles. The van der Waals surface area contributed by atoms with Crippen molar-refractivity contribution in [1.29, 1.82) is 0 Å². The highest BCUT2D eigenvalue weighted by molar-refractivity contribution is 4.62. The van der Waals surface area contributed by atoms with Crippen molar-refractivity contribution in [2.24, 2.45) is 17.2 Å². The third kappa shape index (κ3) is 8.18. The molecule has 0 aromatic heterocycles. The minimum absolute atomic E-state index is 0.104. The van der Waals surface area contributed by atoms with E-state index in [4.69, 9.17) is 21.9 Å². The van der Waals surface area contributed by atoms with Crippen molar-refractivity contribution in [3.05, 3.63) is 0 Å². The third-order valence-electron chi connectivity index (χ3n) is 1.97. The van der Waals surface area contributed by atoms with E-state index in [9.17, 15) is 0 Å². The smallest absolute Gasteiger partial charge is 0.0618 e. The van der Waals surface area contributed by atoms with Crippen molar-refractivity contribution >= 4 is 0 Å². The summed E-state index contributed by atoms with van der Waals surface area (Å²) >= 11 is 0. The lowest BCUT2D eigenvalue weighted by Crippen LogP contribution is -2.31. The van der Waals surface area contributed by atoms with Gasteiger partial charge in [-0.15, -0.1) is 0 Å². The summed E-state index contributed by atoms with van der Waals surface area (Å²) in [6.07, 6.45) is 2.83. The zero-order valence-corrected chi connectivity index (χ0v) is 8.54. The van der Waals surface area contributed by atoms with Gasteiger partial charge in [-0.2, -0.15) is 0 Å². The second-order valence-corrected chi connectivity index (χ2v) is 3.40. The maximum Gasteiger partial charge on any atom is 0.0618 e. The topological polar surface area (TPSA) is 87.3 Å². The van der Waals surface area contributed by atoms with Crippen LogP contribution in [-0.4, -0.2) is 31.8 Å². The van der Waals surface area contributed by atoms with Crippen LogP contribution in [0.4, 0.5) is 0 Å². The van der Waals surface area contributed by atoms with Gasteiger partial charge in [-0.1, -0.05) is 6.92 Å². The average Bonchev–Trinajstić information content (AvgIpc) is 2.14. The molecule has 0 fully saturated rings. The predicted octanol–water partition coefficient (Wildman–Crippen LogP) is -0.193. The summed E-state index contributed by atoms with van der Waals surface area (Å²) in [7, 11) is 0. The van der Waals surface area contributed by atoms with Gasteiger partial charge in [0.25, 0.3) is 0 Å². The highest BCUT2D eigenvalue weighted by Gasteiger charge is 2.03. The molecule has 0 bridgehead atoms. The number of nitrogens with two attached hydrogens (primary N) is 3. The van der Waals surface area contributed by atoms with Crippen LogP contribution >= 0.6 is 0 Å². The Labute approximate surface area is 80.8 Å². The Hall–Kier alpha value is -0.160. The standard InChI is InChI=1S/C9H23N3O/c1-2-8(11)6-13-7-9(12)4-3-5-10/h8-9H,2-7,10-12H2,1H3/t8-,9+/m1/s1. The van der Waals surface area contributed by atoms with Crippen LogP contribution in [0.15, 0.2) is 0 Å². The van der Waals surface area contributed by atoms with E-state index in [2.05, 4.69) is 0 Å². The van der Waals surface area contributed by atoms with Crippen molar-refractivity contribution < 1.29 is 4.74 Å². The summed E-state index contributed by atoms with van der Waals surface area (Å²) in [5.41, 5.74) is 16.8. The molecule has 0 amide bonds. The first-order chi connectivity index (χ1) is 6.20. The van der Waals surface area contributed by atoms with Crippen LogP contribution in [0.2, 0.25) is 0 Å². The van der Waals surface area contributed by atoms with Crippen molar-refractivity contribution in [3.8, 4) is 0 Å². The number of ether oxygens (including phenoxy) is 1. The molecule has 6 N–H and O–H groups in total. The molecule has 0 aliphatic carbocycles. The van der Waals surface area contributed by atoms with Gasteiger partial charge in [0.2, 0.25) is 0 Å².